The average Bonchev–Trinajstić information content (AvgIpc) is 3.73. The second-order valence-electron chi connectivity index (χ2n) is 13.6. The van der Waals surface area contributed by atoms with E-state index in [2.05, 4.69) is 0 Å². The molecule has 312 valence electrons. The standard InChI is InChI=1S/2C22H21ClN2O4S/c2*1-4-22(27)20-13-21(16-5-7-17(23)8-6-16)25(14(20)2)18-9-11-19(12-10-18)30(28,29)24-15(3)26/h2*5-13H,4H2,1-3H3,(H,24,26). The molecule has 0 radical (unpaired) electrons. The predicted octanol–water partition coefficient (Wildman–Crippen LogP) is 9.05. The number of Topliss-reactive ketones (excluding diaryl/α,β-unsaturated/α-hetero) is 2. The molecule has 0 fully saturated rings. The van der Waals surface area contributed by atoms with Crippen LogP contribution < -0.4 is 9.44 Å². The van der Waals surface area contributed by atoms with E-state index in [1.54, 1.807) is 48.5 Å². The van der Waals surface area contributed by atoms with Crippen LogP contribution in [-0.2, 0) is 29.6 Å². The Balaban J connectivity index is 0.000000228. The number of carbonyl (C=O) groups is 4. The zero-order valence-corrected chi connectivity index (χ0v) is 36.7. The number of halogens is 2. The van der Waals surface area contributed by atoms with E-state index in [0.29, 0.717) is 45.4 Å². The normalized spacial score (nSPS) is 11.3. The number of sulfonamides is 2. The maximum atomic E-state index is 12.5. The van der Waals surface area contributed by atoms with Crippen molar-refractivity contribution in [3.8, 4) is 33.9 Å². The SMILES string of the molecule is CCC(=O)c1cc(-c2ccc(Cl)cc2)n(-c2ccc(S(=O)(=O)NC(C)=O)cc2)c1C.CCC(=O)c1cc(-c2ccc(Cl)cc2)n(-c2ccc(S(=O)(=O)NC(C)=O)cc2)c1C. The lowest BCUT2D eigenvalue weighted by molar-refractivity contribution is -0.118. The van der Waals surface area contributed by atoms with Crippen LogP contribution in [0.15, 0.2) is 119 Å². The van der Waals surface area contributed by atoms with Gasteiger partial charge in [-0.25, -0.2) is 26.3 Å². The predicted molar refractivity (Wildman–Crippen MR) is 233 cm³/mol. The quantitative estimate of drug-likeness (QED) is 0.115. The minimum Gasteiger partial charge on any atom is -0.313 e. The zero-order chi connectivity index (χ0) is 44.1. The van der Waals surface area contributed by atoms with Gasteiger partial charge in [0.15, 0.2) is 11.6 Å². The molecule has 2 N–H and O–H groups in total. The number of nitrogens with zero attached hydrogens (tertiary/aromatic N) is 2. The maximum absolute atomic E-state index is 12.5. The summed E-state index contributed by atoms with van der Waals surface area (Å²) in [5.74, 6) is -1.28. The number of hydrogen-bond acceptors (Lipinski definition) is 8. The molecule has 0 bridgehead atoms. The van der Waals surface area contributed by atoms with E-state index < -0.39 is 31.9 Å². The highest BCUT2D eigenvalue weighted by molar-refractivity contribution is 7.90. The second kappa shape index (κ2) is 18.6. The van der Waals surface area contributed by atoms with E-state index in [1.165, 1.54) is 24.3 Å². The van der Waals surface area contributed by atoms with Crippen LogP contribution in [0.5, 0.6) is 0 Å². The average molecular weight is 890 g/mol. The van der Waals surface area contributed by atoms with Gasteiger partial charge in [0.2, 0.25) is 11.8 Å². The van der Waals surface area contributed by atoms with Gasteiger partial charge >= 0.3 is 0 Å². The first kappa shape index (κ1) is 45.3. The van der Waals surface area contributed by atoms with Gasteiger partial charge in [0, 0.05) is 70.6 Å². The van der Waals surface area contributed by atoms with Crippen LogP contribution in [0.2, 0.25) is 10.0 Å². The highest BCUT2D eigenvalue weighted by atomic mass is 35.5. The maximum Gasteiger partial charge on any atom is 0.264 e. The largest absolute Gasteiger partial charge is 0.313 e. The molecular formula is C44H42Cl2N4O8S2. The molecule has 0 saturated carbocycles. The van der Waals surface area contributed by atoms with Crippen LogP contribution >= 0.6 is 23.2 Å². The Morgan fingerprint density at radius 3 is 1.08 bits per heavy atom. The molecular weight excluding hydrogens is 848 g/mol. The van der Waals surface area contributed by atoms with E-state index in [0.717, 1.165) is 47.8 Å². The monoisotopic (exact) mass is 888 g/mol. The fraction of sp³-hybridized carbons (Fsp3) is 0.182. The molecule has 0 unspecified atom stereocenters. The highest BCUT2D eigenvalue weighted by Crippen LogP contribution is 2.33. The summed E-state index contributed by atoms with van der Waals surface area (Å²) in [6, 6.07) is 30.5. The number of ketones is 2. The molecule has 0 aliphatic carbocycles. The summed E-state index contributed by atoms with van der Waals surface area (Å²) in [5.41, 5.74) is 7.42. The van der Waals surface area contributed by atoms with Crippen LogP contribution in [0.25, 0.3) is 33.9 Å². The first-order valence-electron chi connectivity index (χ1n) is 18.6. The number of hydrogen-bond donors (Lipinski definition) is 2. The van der Waals surface area contributed by atoms with Crippen molar-refractivity contribution >= 4 is 66.6 Å². The Morgan fingerprint density at radius 2 is 0.817 bits per heavy atom. The van der Waals surface area contributed by atoms with E-state index >= 15 is 0 Å². The lowest BCUT2D eigenvalue weighted by Crippen LogP contribution is -2.28. The summed E-state index contributed by atoms with van der Waals surface area (Å²) >= 11 is 12.0. The third-order valence-corrected chi connectivity index (χ3v) is 12.8. The van der Waals surface area contributed by atoms with Crippen molar-refractivity contribution < 1.29 is 36.0 Å². The molecule has 6 rings (SSSR count). The van der Waals surface area contributed by atoms with Crippen LogP contribution in [0.1, 0.15) is 72.6 Å². The minimum absolute atomic E-state index is 0.0197. The molecule has 0 saturated heterocycles. The molecule has 2 amide bonds. The molecule has 0 atom stereocenters. The van der Waals surface area contributed by atoms with Gasteiger partial charge in [-0.2, -0.15) is 0 Å². The van der Waals surface area contributed by atoms with Crippen molar-refractivity contribution in [2.45, 2.75) is 64.2 Å². The van der Waals surface area contributed by atoms with E-state index in [9.17, 15) is 36.0 Å². The van der Waals surface area contributed by atoms with Crippen LogP contribution in [0.4, 0.5) is 0 Å². The molecule has 2 heterocycles. The van der Waals surface area contributed by atoms with Crippen molar-refractivity contribution in [1.29, 1.82) is 0 Å². The number of amides is 2. The van der Waals surface area contributed by atoms with Crippen LogP contribution in [-0.4, -0.2) is 49.4 Å². The van der Waals surface area contributed by atoms with Gasteiger partial charge in [-0.05, 0) is 110 Å². The molecule has 12 nitrogen and oxygen atoms in total. The first-order chi connectivity index (χ1) is 28.3. The molecule has 16 heteroatoms. The Kier molecular flexibility index (Phi) is 14.1. The Bertz CT molecular complexity index is 2620. The van der Waals surface area contributed by atoms with E-state index in [-0.39, 0.29) is 21.4 Å². The lowest BCUT2D eigenvalue weighted by Gasteiger charge is -2.13. The molecule has 4 aromatic carbocycles. The van der Waals surface area contributed by atoms with Crippen molar-refractivity contribution in [2.24, 2.45) is 0 Å². The van der Waals surface area contributed by atoms with Gasteiger partial charge in [-0.15, -0.1) is 0 Å². The summed E-state index contributed by atoms with van der Waals surface area (Å²) in [7, 11) is -7.85. The fourth-order valence-corrected chi connectivity index (χ4v) is 8.77. The van der Waals surface area contributed by atoms with Crippen molar-refractivity contribution in [3.63, 3.8) is 0 Å². The number of aromatic nitrogens is 2. The third kappa shape index (κ3) is 10.1. The highest BCUT2D eigenvalue weighted by Gasteiger charge is 2.22. The van der Waals surface area contributed by atoms with Crippen LogP contribution in [0.3, 0.4) is 0 Å². The first-order valence-corrected chi connectivity index (χ1v) is 22.3. The molecule has 6 aromatic rings. The number of benzene rings is 4. The lowest BCUT2D eigenvalue weighted by atomic mass is 10.1. The van der Waals surface area contributed by atoms with Crippen molar-refractivity contribution in [2.75, 3.05) is 0 Å². The van der Waals surface area contributed by atoms with Gasteiger partial charge < -0.3 is 9.13 Å². The summed E-state index contributed by atoms with van der Waals surface area (Å²) in [5, 5.41) is 1.21. The number of nitrogens with one attached hydrogen (secondary N) is 2. The van der Waals surface area contributed by atoms with E-state index in [4.69, 9.17) is 23.2 Å². The fourth-order valence-electron chi connectivity index (χ4n) is 6.54. The Hall–Kier alpha value is -5.80. The minimum atomic E-state index is -3.93. The number of carbonyl (C=O) groups excluding carboxylic acids is 4. The Labute approximate surface area is 359 Å². The van der Waals surface area contributed by atoms with Gasteiger partial charge in [-0.3, -0.25) is 19.2 Å². The summed E-state index contributed by atoms with van der Waals surface area (Å²) < 4.78 is 56.6. The van der Waals surface area contributed by atoms with Gasteiger partial charge in [0.1, 0.15) is 0 Å². The molecule has 0 aliphatic rings. The third-order valence-electron chi connectivity index (χ3n) is 9.38. The zero-order valence-electron chi connectivity index (χ0n) is 33.5. The van der Waals surface area contributed by atoms with Gasteiger partial charge in [-0.1, -0.05) is 61.3 Å². The topological polar surface area (TPSA) is 170 Å². The molecule has 0 aliphatic heterocycles. The summed E-state index contributed by atoms with van der Waals surface area (Å²) in [6.45, 7) is 9.60. The number of rotatable bonds is 12. The summed E-state index contributed by atoms with van der Waals surface area (Å²) in [6.07, 6.45) is 0.748. The van der Waals surface area contributed by atoms with Crippen molar-refractivity contribution in [3.05, 3.63) is 142 Å². The van der Waals surface area contributed by atoms with Crippen molar-refractivity contribution in [1.82, 2.24) is 18.6 Å². The molecule has 2 aromatic heterocycles. The van der Waals surface area contributed by atoms with Gasteiger partial charge in [0.25, 0.3) is 20.0 Å². The second-order valence-corrected chi connectivity index (χ2v) is 17.8. The Morgan fingerprint density at radius 1 is 0.517 bits per heavy atom. The van der Waals surface area contributed by atoms with E-state index in [1.807, 2.05) is 82.7 Å². The molecule has 60 heavy (non-hydrogen) atoms. The summed E-state index contributed by atoms with van der Waals surface area (Å²) in [4.78, 5) is 47.2. The van der Waals surface area contributed by atoms with Gasteiger partial charge in [0.05, 0.1) is 21.2 Å². The van der Waals surface area contributed by atoms with Crippen LogP contribution in [0, 0.1) is 13.8 Å². The molecule has 0 spiro atoms. The smallest absolute Gasteiger partial charge is 0.264 e.